The molecule has 1 atom stereocenters. The van der Waals surface area contributed by atoms with E-state index in [1.807, 2.05) is 42.2 Å². The summed E-state index contributed by atoms with van der Waals surface area (Å²) in [6.07, 6.45) is -2.19. The number of aryl methyl sites for hydroxylation is 1. The number of carbonyl (C=O) groups is 2. The van der Waals surface area contributed by atoms with Gasteiger partial charge in [-0.15, -0.1) is 0 Å². The van der Waals surface area contributed by atoms with E-state index in [2.05, 4.69) is 0 Å². The number of halogens is 2. The van der Waals surface area contributed by atoms with Gasteiger partial charge in [-0.2, -0.15) is 0 Å². The number of alkyl halides is 2. The van der Waals surface area contributed by atoms with Gasteiger partial charge in [0.2, 0.25) is 5.78 Å². The van der Waals surface area contributed by atoms with E-state index < -0.39 is 24.9 Å². The molecular formula is C20H19F2NO3. The van der Waals surface area contributed by atoms with E-state index in [9.17, 15) is 18.4 Å². The average Bonchev–Trinajstić information content (AvgIpc) is 2.96. The van der Waals surface area contributed by atoms with Gasteiger partial charge in [0.15, 0.2) is 6.29 Å². The Labute approximate surface area is 150 Å². The van der Waals surface area contributed by atoms with Crippen LogP contribution in [-0.4, -0.2) is 30.0 Å². The molecule has 0 bridgehead atoms. The Hall–Kier alpha value is -2.60. The maximum Gasteiger partial charge on any atom is 0.272 e. The van der Waals surface area contributed by atoms with Crippen LogP contribution >= 0.6 is 0 Å². The van der Waals surface area contributed by atoms with E-state index in [0.29, 0.717) is 25.1 Å². The molecule has 0 aromatic heterocycles. The molecule has 6 heteroatoms. The third-order valence-corrected chi connectivity index (χ3v) is 4.35. The van der Waals surface area contributed by atoms with Gasteiger partial charge in [-0.25, -0.2) is 8.78 Å². The first-order valence-corrected chi connectivity index (χ1v) is 8.30. The number of hydrogen-bond donors (Lipinski definition) is 0. The first-order valence-electron chi connectivity index (χ1n) is 8.30. The Morgan fingerprint density at radius 2 is 2.08 bits per heavy atom. The van der Waals surface area contributed by atoms with Crippen LogP contribution in [0.15, 0.2) is 42.5 Å². The second-order valence-corrected chi connectivity index (χ2v) is 6.38. The van der Waals surface area contributed by atoms with Gasteiger partial charge in [0.1, 0.15) is 18.4 Å². The van der Waals surface area contributed by atoms with Gasteiger partial charge in [0, 0.05) is 13.1 Å². The van der Waals surface area contributed by atoms with E-state index in [1.54, 1.807) is 12.1 Å². The lowest BCUT2D eigenvalue weighted by atomic mass is 10.0. The minimum atomic E-state index is -2.54. The third-order valence-electron chi connectivity index (χ3n) is 4.35. The molecule has 0 amide bonds. The first kappa shape index (κ1) is 18.2. The molecule has 3 rings (SSSR count). The summed E-state index contributed by atoms with van der Waals surface area (Å²) in [6, 6.07) is 12.2. The molecule has 1 aliphatic heterocycles. The number of fused-ring (bicyclic) bond motifs is 1. The average molecular weight is 359 g/mol. The van der Waals surface area contributed by atoms with Crippen LogP contribution in [0, 0.1) is 6.92 Å². The number of benzene rings is 2. The summed E-state index contributed by atoms with van der Waals surface area (Å²) in [5.74, 6) is -0.118. The van der Waals surface area contributed by atoms with Crippen molar-refractivity contribution >= 4 is 12.1 Å². The van der Waals surface area contributed by atoms with Gasteiger partial charge in [0.05, 0.1) is 0 Å². The van der Waals surface area contributed by atoms with Crippen molar-refractivity contribution in [1.29, 1.82) is 0 Å². The van der Waals surface area contributed by atoms with Gasteiger partial charge < -0.3 is 4.74 Å². The van der Waals surface area contributed by atoms with E-state index in [4.69, 9.17) is 4.74 Å². The summed E-state index contributed by atoms with van der Waals surface area (Å²) >= 11 is 0. The molecule has 0 spiro atoms. The highest BCUT2D eigenvalue weighted by Gasteiger charge is 2.34. The van der Waals surface area contributed by atoms with Crippen LogP contribution in [0.1, 0.15) is 28.3 Å². The molecule has 1 unspecified atom stereocenters. The number of aldehydes is 1. The first-order chi connectivity index (χ1) is 12.5. The highest BCUT2D eigenvalue weighted by atomic mass is 19.3. The van der Waals surface area contributed by atoms with Crippen molar-refractivity contribution < 1.29 is 23.1 Å². The molecular weight excluding hydrogens is 340 g/mol. The van der Waals surface area contributed by atoms with Gasteiger partial charge in [0.25, 0.3) is 6.43 Å². The van der Waals surface area contributed by atoms with E-state index in [0.717, 1.165) is 22.3 Å². The van der Waals surface area contributed by atoms with Crippen molar-refractivity contribution in [1.82, 2.24) is 4.90 Å². The number of ether oxygens (including phenoxy) is 1. The number of ketones is 1. The monoisotopic (exact) mass is 359 g/mol. The Bertz CT molecular complexity index is 822. The van der Waals surface area contributed by atoms with E-state index >= 15 is 0 Å². The quantitative estimate of drug-likeness (QED) is 0.561. The van der Waals surface area contributed by atoms with Crippen LogP contribution < -0.4 is 4.74 Å². The maximum atomic E-state index is 12.4. The normalized spacial score (nSPS) is 16.5. The van der Waals surface area contributed by atoms with Crippen molar-refractivity contribution in [3.8, 4) is 5.75 Å². The fourth-order valence-electron chi connectivity index (χ4n) is 3.39. The van der Waals surface area contributed by atoms with Gasteiger partial charge in [-0.1, -0.05) is 30.3 Å². The fraction of sp³-hybridized carbons (Fsp3) is 0.300. The second-order valence-electron chi connectivity index (χ2n) is 6.38. The zero-order valence-electron chi connectivity index (χ0n) is 14.3. The lowest BCUT2D eigenvalue weighted by Crippen LogP contribution is -2.28. The molecule has 0 radical (unpaired) electrons. The van der Waals surface area contributed by atoms with Crippen molar-refractivity contribution in [3.05, 3.63) is 64.7 Å². The predicted octanol–water partition coefficient (Wildman–Crippen LogP) is 3.46. The van der Waals surface area contributed by atoms with Crippen LogP contribution in [0.5, 0.6) is 5.75 Å². The van der Waals surface area contributed by atoms with Crippen molar-refractivity contribution in [3.63, 3.8) is 0 Å². The van der Waals surface area contributed by atoms with Gasteiger partial charge in [-0.05, 0) is 41.3 Å². The Morgan fingerprint density at radius 1 is 1.31 bits per heavy atom. The molecule has 0 fully saturated rings. The SMILES string of the molecule is Cc1cc(CN2Cc3ccccc3C2C(=O)C=O)cc(OCC(F)F)c1. The topological polar surface area (TPSA) is 46.6 Å². The van der Waals surface area contributed by atoms with E-state index in [-0.39, 0.29) is 0 Å². The number of Topliss-reactive ketones (excluding diaryl/α,β-unsaturated/α-hetero) is 1. The highest BCUT2D eigenvalue weighted by Crippen LogP contribution is 2.35. The summed E-state index contributed by atoms with van der Waals surface area (Å²) in [4.78, 5) is 25.2. The highest BCUT2D eigenvalue weighted by molar-refractivity contribution is 6.27. The van der Waals surface area contributed by atoms with Gasteiger partial charge in [-0.3, -0.25) is 14.5 Å². The third kappa shape index (κ3) is 3.96. The lowest BCUT2D eigenvalue weighted by Gasteiger charge is -2.23. The Kier molecular flexibility index (Phi) is 5.42. The smallest absolute Gasteiger partial charge is 0.272 e. The minimum Gasteiger partial charge on any atom is -0.488 e. The summed E-state index contributed by atoms with van der Waals surface area (Å²) in [7, 11) is 0. The molecule has 1 heterocycles. The fourth-order valence-corrected chi connectivity index (χ4v) is 3.39. The zero-order valence-corrected chi connectivity index (χ0v) is 14.3. The lowest BCUT2D eigenvalue weighted by molar-refractivity contribution is -0.133. The zero-order chi connectivity index (χ0) is 18.7. The van der Waals surface area contributed by atoms with Crippen molar-refractivity contribution in [2.24, 2.45) is 0 Å². The van der Waals surface area contributed by atoms with E-state index in [1.165, 1.54) is 0 Å². The van der Waals surface area contributed by atoms with Crippen molar-refractivity contribution in [2.45, 2.75) is 32.5 Å². The van der Waals surface area contributed by atoms with Crippen LogP contribution in [0.2, 0.25) is 0 Å². The number of hydrogen-bond acceptors (Lipinski definition) is 4. The second kappa shape index (κ2) is 7.74. The molecule has 0 saturated carbocycles. The van der Waals surface area contributed by atoms with Gasteiger partial charge >= 0.3 is 0 Å². The Morgan fingerprint density at radius 3 is 2.81 bits per heavy atom. The van der Waals surface area contributed by atoms with Crippen LogP contribution in [0.4, 0.5) is 8.78 Å². The molecule has 0 aliphatic carbocycles. The summed E-state index contributed by atoms with van der Waals surface area (Å²) in [5.41, 5.74) is 3.56. The van der Waals surface area contributed by atoms with Crippen LogP contribution in [0.25, 0.3) is 0 Å². The van der Waals surface area contributed by atoms with Crippen molar-refractivity contribution in [2.75, 3.05) is 6.61 Å². The molecule has 2 aromatic rings. The summed E-state index contributed by atoms with van der Waals surface area (Å²) < 4.78 is 29.9. The molecule has 0 N–H and O–H groups in total. The molecule has 0 saturated heterocycles. The molecule has 2 aromatic carbocycles. The molecule has 136 valence electrons. The summed E-state index contributed by atoms with van der Waals surface area (Å²) in [5, 5.41) is 0. The number of nitrogens with zero attached hydrogens (tertiary/aromatic N) is 1. The maximum absolute atomic E-state index is 12.4. The standard InChI is InChI=1S/C20H19F2NO3/c1-13-6-14(8-16(7-13)26-12-19(21)22)9-23-10-15-4-2-3-5-17(15)20(23)18(25)11-24/h2-8,11,19-20H,9-10,12H2,1H3. The van der Waals surface area contributed by atoms with Crippen LogP contribution in [0.3, 0.4) is 0 Å². The number of rotatable bonds is 7. The summed E-state index contributed by atoms with van der Waals surface area (Å²) in [6.45, 7) is 2.14. The number of carbonyl (C=O) groups excluding carboxylic acids is 2. The molecule has 4 nitrogen and oxygen atoms in total. The Balaban J connectivity index is 1.84. The molecule has 26 heavy (non-hydrogen) atoms. The van der Waals surface area contributed by atoms with Crippen LogP contribution in [-0.2, 0) is 22.7 Å². The largest absolute Gasteiger partial charge is 0.488 e. The molecule has 1 aliphatic rings. The predicted molar refractivity (Wildman–Crippen MR) is 92.2 cm³/mol. The minimum absolute atomic E-state index is 0.354.